The van der Waals surface area contributed by atoms with Crippen LogP contribution < -0.4 is 10.1 Å². The summed E-state index contributed by atoms with van der Waals surface area (Å²) in [5.74, 6) is -2.54. The molecule has 196 valence electrons. The first-order chi connectivity index (χ1) is 18.0. The van der Waals surface area contributed by atoms with E-state index in [-0.39, 0.29) is 33.4 Å². The van der Waals surface area contributed by atoms with Crippen LogP contribution in [0.2, 0.25) is 0 Å². The number of carboxylic acids is 1. The molecule has 1 saturated heterocycles. The number of hydrogen-bond acceptors (Lipinski definition) is 7. The summed E-state index contributed by atoms with van der Waals surface area (Å²) in [5.41, 5.74) is -0.974. The normalized spacial score (nSPS) is 14.7. The molecular weight excluding hydrogens is 529 g/mol. The van der Waals surface area contributed by atoms with Gasteiger partial charge in [0.2, 0.25) is 5.91 Å². The first kappa shape index (κ1) is 26.5. The van der Waals surface area contributed by atoms with Gasteiger partial charge in [0.15, 0.2) is 0 Å². The van der Waals surface area contributed by atoms with Crippen molar-refractivity contribution in [2.75, 3.05) is 19.0 Å². The molecule has 0 aliphatic carbocycles. The van der Waals surface area contributed by atoms with Crippen LogP contribution in [0.1, 0.15) is 21.7 Å². The van der Waals surface area contributed by atoms with E-state index < -0.39 is 41.3 Å². The highest BCUT2D eigenvalue weighted by molar-refractivity contribution is 8.18. The summed E-state index contributed by atoms with van der Waals surface area (Å²) in [6, 6.07) is 11.7. The van der Waals surface area contributed by atoms with Crippen LogP contribution in [0.15, 0.2) is 63.9 Å². The van der Waals surface area contributed by atoms with Crippen molar-refractivity contribution < 1.29 is 46.6 Å². The first-order valence-corrected chi connectivity index (χ1v) is 11.5. The Labute approximate surface area is 216 Å². The number of nitrogens with one attached hydrogen (secondary N) is 1. The third kappa shape index (κ3) is 5.57. The van der Waals surface area contributed by atoms with Gasteiger partial charge in [-0.15, -0.1) is 0 Å². The van der Waals surface area contributed by atoms with Crippen LogP contribution in [-0.2, 0) is 15.8 Å². The molecule has 1 aliphatic heterocycles. The molecule has 1 fully saturated rings. The van der Waals surface area contributed by atoms with Crippen molar-refractivity contribution in [1.82, 2.24) is 4.90 Å². The molecule has 0 spiro atoms. The Morgan fingerprint density at radius 2 is 1.87 bits per heavy atom. The van der Waals surface area contributed by atoms with E-state index in [0.717, 1.165) is 12.1 Å². The van der Waals surface area contributed by atoms with Crippen molar-refractivity contribution in [3.05, 3.63) is 76.4 Å². The highest BCUT2D eigenvalue weighted by Gasteiger charge is 2.37. The lowest BCUT2D eigenvalue weighted by atomic mass is 10.1. The van der Waals surface area contributed by atoms with Crippen LogP contribution in [0.4, 0.5) is 23.7 Å². The van der Waals surface area contributed by atoms with E-state index in [9.17, 15) is 37.5 Å². The predicted molar refractivity (Wildman–Crippen MR) is 130 cm³/mol. The number of nitrogens with zero attached hydrogens (tertiary/aromatic N) is 1. The number of carbonyl (C=O) groups excluding carboxylic acids is 3. The maximum Gasteiger partial charge on any atom is 0.416 e. The number of rotatable bonds is 7. The van der Waals surface area contributed by atoms with Gasteiger partial charge >= 0.3 is 12.1 Å². The highest BCUT2D eigenvalue weighted by Crippen LogP contribution is 2.36. The average Bonchev–Trinajstić information content (AvgIpc) is 3.43. The standard InChI is InChI=1S/C25H17F3N2O7S/c1-36-19-8-6-13(25(26,27)28)10-17(19)29-21(31)12-30-22(32)20(38-24(30)35)11-14-7-9-18(37-14)15-4-2-3-5-16(15)23(33)34/h2-11H,12H2,1H3,(H,29,31)(H,33,34)/b20-11-. The topological polar surface area (TPSA) is 126 Å². The maximum absolute atomic E-state index is 13.1. The molecule has 1 aromatic heterocycles. The number of carboxylic acid groups (broad SMARTS) is 1. The number of amides is 3. The van der Waals surface area contributed by atoms with Gasteiger partial charge in [-0.3, -0.25) is 19.3 Å². The van der Waals surface area contributed by atoms with Gasteiger partial charge in [-0.1, -0.05) is 18.2 Å². The molecule has 38 heavy (non-hydrogen) atoms. The van der Waals surface area contributed by atoms with Crippen LogP contribution >= 0.6 is 11.8 Å². The van der Waals surface area contributed by atoms with Gasteiger partial charge in [0, 0.05) is 11.6 Å². The Balaban J connectivity index is 1.49. The number of halogens is 3. The number of anilines is 1. The van der Waals surface area contributed by atoms with Gasteiger partial charge in [0.05, 0.1) is 28.8 Å². The second-order valence-corrected chi connectivity index (χ2v) is 8.77. The summed E-state index contributed by atoms with van der Waals surface area (Å²) in [4.78, 5) is 49.7. The fraction of sp³-hybridized carbons (Fsp3) is 0.120. The number of furan rings is 1. The van der Waals surface area contributed by atoms with Crippen molar-refractivity contribution in [2.45, 2.75) is 6.18 Å². The van der Waals surface area contributed by atoms with Crippen LogP contribution in [-0.4, -0.2) is 46.7 Å². The minimum absolute atomic E-state index is 0.0112. The lowest BCUT2D eigenvalue weighted by molar-refractivity contribution is -0.137. The average molecular weight is 546 g/mol. The van der Waals surface area contributed by atoms with Gasteiger partial charge in [0.25, 0.3) is 11.1 Å². The molecule has 0 atom stereocenters. The molecule has 4 rings (SSSR count). The van der Waals surface area contributed by atoms with Gasteiger partial charge in [-0.05, 0) is 48.2 Å². The SMILES string of the molecule is COc1ccc(C(F)(F)F)cc1NC(=O)CN1C(=O)S/C(=C\c2ccc(-c3ccccc3C(=O)O)o2)C1=O. The molecule has 1 aliphatic rings. The van der Waals surface area contributed by atoms with Crippen molar-refractivity contribution in [3.63, 3.8) is 0 Å². The Kier molecular flexibility index (Phi) is 7.30. The number of hydrogen-bond donors (Lipinski definition) is 2. The van der Waals surface area contributed by atoms with Crippen LogP contribution in [0.5, 0.6) is 5.75 Å². The molecule has 0 unspecified atom stereocenters. The number of benzene rings is 2. The minimum atomic E-state index is -4.66. The molecule has 0 radical (unpaired) electrons. The fourth-order valence-electron chi connectivity index (χ4n) is 3.54. The monoisotopic (exact) mass is 546 g/mol. The minimum Gasteiger partial charge on any atom is -0.495 e. The van der Waals surface area contributed by atoms with Gasteiger partial charge in [0.1, 0.15) is 23.8 Å². The van der Waals surface area contributed by atoms with E-state index in [1.165, 1.54) is 31.4 Å². The van der Waals surface area contributed by atoms with Crippen molar-refractivity contribution >= 4 is 46.5 Å². The number of imide groups is 1. The van der Waals surface area contributed by atoms with E-state index in [4.69, 9.17) is 9.15 Å². The number of ether oxygens (including phenoxy) is 1. The van der Waals surface area contributed by atoms with Crippen LogP contribution in [0.3, 0.4) is 0 Å². The number of aromatic carboxylic acids is 1. The van der Waals surface area contributed by atoms with E-state index in [2.05, 4.69) is 5.32 Å². The van der Waals surface area contributed by atoms with E-state index in [1.807, 2.05) is 0 Å². The maximum atomic E-state index is 13.1. The van der Waals surface area contributed by atoms with Crippen molar-refractivity contribution in [2.24, 2.45) is 0 Å². The molecule has 2 N–H and O–H groups in total. The molecule has 13 heteroatoms. The third-order valence-electron chi connectivity index (χ3n) is 5.30. The Hall–Kier alpha value is -4.52. The smallest absolute Gasteiger partial charge is 0.416 e. The molecule has 9 nitrogen and oxygen atoms in total. The summed E-state index contributed by atoms with van der Waals surface area (Å²) in [6.45, 7) is -0.753. The van der Waals surface area contributed by atoms with Crippen molar-refractivity contribution in [1.29, 1.82) is 0 Å². The zero-order valence-electron chi connectivity index (χ0n) is 19.4. The molecule has 2 aromatic carbocycles. The summed E-state index contributed by atoms with van der Waals surface area (Å²) in [5, 5.41) is 10.8. The molecule has 3 aromatic rings. The lowest BCUT2D eigenvalue weighted by Gasteiger charge is -2.16. The number of carbonyl (C=O) groups is 4. The second kappa shape index (κ2) is 10.5. The molecular formula is C25H17F3N2O7S. The lowest BCUT2D eigenvalue weighted by Crippen LogP contribution is -2.36. The molecule has 0 saturated carbocycles. The third-order valence-corrected chi connectivity index (χ3v) is 6.21. The van der Waals surface area contributed by atoms with E-state index >= 15 is 0 Å². The zero-order chi connectivity index (χ0) is 27.6. The van der Waals surface area contributed by atoms with E-state index in [0.29, 0.717) is 28.3 Å². The number of thioether (sulfide) groups is 1. The van der Waals surface area contributed by atoms with Gasteiger partial charge in [-0.25, -0.2) is 4.79 Å². The van der Waals surface area contributed by atoms with Crippen LogP contribution in [0.25, 0.3) is 17.4 Å². The van der Waals surface area contributed by atoms with Crippen LogP contribution in [0, 0.1) is 0 Å². The summed E-state index contributed by atoms with van der Waals surface area (Å²) >= 11 is 0.542. The molecule has 3 amide bonds. The summed E-state index contributed by atoms with van der Waals surface area (Å²) in [6.07, 6.45) is -3.39. The first-order valence-electron chi connectivity index (χ1n) is 10.7. The second-order valence-electron chi connectivity index (χ2n) is 7.78. The zero-order valence-corrected chi connectivity index (χ0v) is 20.2. The summed E-state index contributed by atoms with van der Waals surface area (Å²) in [7, 11) is 1.21. The fourth-order valence-corrected chi connectivity index (χ4v) is 4.36. The molecule has 2 heterocycles. The quantitative estimate of drug-likeness (QED) is 0.380. The molecule has 0 bridgehead atoms. The predicted octanol–water partition coefficient (Wildman–Crippen LogP) is 5.35. The van der Waals surface area contributed by atoms with Crippen molar-refractivity contribution in [3.8, 4) is 17.1 Å². The Bertz CT molecular complexity index is 1480. The van der Waals surface area contributed by atoms with Gasteiger partial charge < -0.3 is 19.6 Å². The Morgan fingerprint density at radius 1 is 1.13 bits per heavy atom. The number of alkyl halides is 3. The van der Waals surface area contributed by atoms with E-state index in [1.54, 1.807) is 18.2 Å². The summed E-state index contributed by atoms with van der Waals surface area (Å²) < 4.78 is 49.8. The van der Waals surface area contributed by atoms with Gasteiger partial charge in [-0.2, -0.15) is 13.2 Å². The number of methoxy groups -OCH3 is 1. The Morgan fingerprint density at radius 3 is 2.55 bits per heavy atom. The highest BCUT2D eigenvalue weighted by atomic mass is 32.2. The largest absolute Gasteiger partial charge is 0.495 e.